The fourth-order valence-corrected chi connectivity index (χ4v) is 12.3. The maximum Gasteiger partial charge on any atom is 0.0566 e. The predicted molar refractivity (Wildman–Crippen MR) is 317 cm³/mol. The van der Waals surface area contributed by atoms with E-state index in [1.165, 1.54) is 98.0 Å². The lowest BCUT2D eigenvalue weighted by Crippen LogP contribution is -2.31. The lowest BCUT2D eigenvalue weighted by atomic mass is 9.84. The van der Waals surface area contributed by atoms with Crippen LogP contribution >= 0.6 is 21.8 Å². The van der Waals surface area contributed by atoms with E-state index in [1.54, 1.807) is 11.8 Å². The monoisotopic (exact) mass is 964 g/mol. The Morgan fingerprint density at radius 2 is 0.931 bits per heavy atom. The van der Waals surface area contributed by atoms with E-state index < -0.39 is 10.0 Å². The average Bonchev–Trinajstić information content (AvgIpc) is 3.44. The molecule has 0 spiro atoms. The van der Waals surface area contributed by atoms with Crippen LogP contribution in [0.2, 0.25) is 0 Å². The minimum Gasteiger partial charge on any atom is -0.334 e. The predicted octanol–water partition coefficient (Wildman–Crippen LogP) is 19.4. The van der Waals surface area contributed by atoms with Crippen molar-refractivity contribution in [1.29, 1.82) is 0 Å². The zero-order valence-electron chi connectivity index (χ0n) is 41.2. The Morgan fingerprint density at radius 3 is 1.50 bits per heavy atom. The Hall–Kier alpha value is -7.76. The molecule has 0 saturated carbocycles. The first-order chi connectivity index (χ1) is 35.3. The molecule has 12 rings (SSSR count). The summed E-state index contributed by atoms with van der Waals surface area (Å²) in [4.78, 5) is 7.76. The summed E-state index contributed by atoms with van der Waals surface area (Å²) in [6.45, 7) is 0. The van der Waals surface area contributed by atoms with Crippen LogP contribution in [0.3, 0.4) is 0 Å². The molecule has 72 heavy (non-hydrogen) atoms. The first-order valence-electron chi connectivity index (χ1n) is 24.8. The normalized spacial score (nSPS) is 13.9. The van der Waals surface area contributed by atoms with Gasteiger partial charge in [0.25, 0.3) is 0 Å². The van der Waals surface area contributed by atoms with E-state index in [1.807, 2.05) is 0 Å². The minimum absolute atomic E-state index is 0.0483. The van der Waals surface area contributed by atoms with Gasteiger partial charge >= 0.3 is 0 Å². The molecule has 11 aromatic carbocycles. The molecule has 4 heteroatoms. The van der Waals surface area contributed by atoms with E-state index in [2.05, 4.69) is 284 Å². The second-order valence-electron chi connectivity index (χ2n) is 19.6. The van der Waals surface area contributed by atoms with Crippen LogP contribution in [0, 0.1) is 0 Å². The molecule has 1 aliphatic rings. The van der Waals surface area contributed by atoms with Gasteiger partial charge in [-0.25, -0.2) is 10.0 Å². The second kappa shape index (κ2) is 19.1. The van der Waals surface area contributed by atoms with Gasteiger partial charge in [-0.05, 0) is 164 Å². The van der Waals surface area contributed by atoms with Crippen molar-refractivity contribution in [2.75, 3.05) is 34.8 Å². The highest BCUT2D eigenvalue weighted by molar-refractivity contribution is 8.32. The molecule has 0 bridgehead atoms. The number of benzene rings is 11. The van der Waals surface area contributed by atoms with Gasteiger partial charge in [-0.1, -0.05) is 176 Å². The quantitative estimate of drug-likeness (QED) is 0.0890. The fraction of sp³-hybridized carbons (Fsp3) is 0.0882. The first-order valence-corrected chi connectivity index (χ1v) is 28.9. The summed E-state index contributed by atoms with van der Waals surface area (Å²) in [5.74, 6) is 0. The zero-order chi connectivity index (χ0) is 48.8. The summed E-state index contributed by atoms with van der Waals surface area (Å²) in [7, 11) is -0.937. The third kappa shape index (κ3) is 8.45. The highest BCUT2D eigenvalue weighted by Gasteiger charge is 2.29. The van der Waals surface area contributed by atoms with E-state index in [-0.39, 0.29) is 6.04 Å². The molecule has 0 heterocycles. The van der Waals surface area contributed by atoms with Gasteiger partial charge in [0.2, 0.25) is 0 Å². The number of rotatable bonds is 12. The van der Waals surface area contributed by atoms with Crippen molar-refractivity contribution in [3.8, 4) is 33.4 Å². The molecule has 350 valence electrons. The minimum atomic E-state index is -0.937. The molecule has 0 saturated heterocycles. The molecule has 1 aliphatic carbocycles. The Morgan fingerprint density at radius 1 is 0.431 bits per heavy atom. The topological polar surface area (TPSA) is 6.48 Å². The molecule has 2 nitrogen and oxygen atoms in total. The van der Waals surface area contributed by atoms with Crippen LogP contribution in [-0.2, 0) is 0 Å². The van der Waals surface area contributed by atoms with Crippen molar-refractivity contribution < 1.29 is 0 Å². The summed E-state index contributed by atoms with van der Waals surface area (Å²) >= 11 is 1.77. The molecule has 0 amide bonds. The van der Waals surface area contributed by atoms with E-state index in [0.29, 0.717) is 0 Å². The molecule has 1 atom stereocenters. The standard InChI is InChI=1S/C68H56N2S2/c1-71-57-35-31-53(32-36-57)69(55-29-17-27-51(43-55)47-19-9-5-10-20-47)65-45-63(49-23-13-7-14-24-49)59-40-42-62-66(46-64(50-25-15-8-16-26-50)60-39-41-61(65)67(59)68(60)62)70(54-33-37-58(38-34-54)72(2,3)4)56-30-18-28-52(44-56)48-21-11-6-12-22-48/h5-43,45-46,56H,44H2,1-4H3. The highest BCUT2D eigenvalue weighted by Crippen LogP contribution is 2.53. The average molecular weight is 965 g/mol. The third-order valence-electron chi connectivity index (χ3n) is 14.4. The fourth-order valence-electron chi connectivity index (χ4n) is 10.9. The van der Waals surface area contributed by atoms with Crippen molar-refractivity contribution in [2.24, 2.45) is 0 Å². The Labute approximate surface area is 430 Å². The SMILES string of the molecule is CSc1ccc(N(c2cccc(-c3ccccc3)c2)c2cc(-c3ccccc3)c3ccc4c(N(c5ccc(S(C)(C)C)cc5)C5C=CC=C(c6ccccc6)C5)cc(-c5ccccc5)c5ccc2c3c54)cc1. The number of hydrogen-bond acceptors (Lipinski definition) is 3. The van der Waals surface area contributed by atoms with Crippen LogP contribution < -0.4 is 9.80 Å². The van der Waals surface area contributed by atoms with Gasteiger partial charge in [-0.15, -0.1) is 11.8 Å². The lowest BCUT2D eigenvalue weighted by Gasteiger charge is -2.36. The van der Waals surface area contributed by atoms with Gasteiger partial charge in [0.15, 0.2) is 0 Å². The zero-order valence-corrected chi connectivity index (χ0v) is 42.8. The molecule has 1 unspecified atom stereocenters. The van der Waals surface area contributed by atoms with Crippen LogP contribution in [0.1, 0.15) is 12.0 Å². The molecular formula is C68H56N2S2. The van der Waals surface area contributed by atoms with Gasteiger partial charge in [-0.2, -0.15) is 0 Å². The number of hydrogen-bond donors (Lipinski definition) is 0. The highest BCUT2D eigenvalue weighted by atomic mass is 32.3. The summed E-state index contributed by atoms with van der Waals surface area (Å²) < 4.78 is 0. The summed E-state index contributed by atoms with van der Waals surface area (Å²) in [5.41, 5.74) is 15.5. The van der Waals surface area contributed by atoms with Crippen molar-refractivity contribution in [1.82, 2.24) is 0 Å². The maximum atomic E-state index is 2.64. The lowest BCUT2D eigenvalue weighted by molar-refractivity contribution is 0.797. The van der Waals surface area contributed by atoms with E-state index >= 15 is 0 Å². The Bertz CT molecular complexity index is 3770. The van der Waals surface area contributed by atoms with Crippen molar-refractivity contribution in [3.63, 3.8) is 0 Å². The van der Waals surface area contributed by atoms with Crippen LogP contribution in [-0.4, -0.2) is 31.1 Å². The Balaban J connectivity index is 1.18. The molecule has 0 aromatic heterocycles. The summed E-state index contributed by atoms with van der Waals surface area (Å²) in [6.07, 6.45) is 17.1. The van der Waals surface area contributed by atoms with Crippen molar-refractivity contribution in [3.05, 3.63) is 254 Å². The first kappa shape index (κ1) is 45.4. The van der Waals surface area contributed by atoms with Gasteiger partial charge < -0.3 is 9.80 Å². The number of thioether (sulfide) groups is 1. The van der Waals surface area contributed by atoms with Crippen molar-refractivity contribution >= 4 is 88.1 Å². The molecule has 0 radical (unpaired) electrons. The summed E-state index contributed by atoms with van der Waals surface area (Å²) in [6, 6.07) is 85.9. The number of anilines is 5. The van der Waals surface area contributed by atoms with Crippen LogP contribution in [0.4, 0.5) is 28.4 Å². The Kier molecular flexibility index (Phi) is 12.0. The molecule has 0 fully saturated rings. The largest absolute Gasteiger partial charge is 0.334 e. The van der Waals surface area contributed by atoms with Crippen LogP contribution in [0.25, 0.3) is 71.3 Å². The van der Waals surface area contributed by atoms with E-state index in [9.17, 15) is 0 Å². The van der Waals surface area contributed by atoms with Crippen molar-refractivity contribution in [2.45, 2.75) is 22.3 Å². The van der Waals surface area contributed by atoms with Gasteiger partial charge in [-0.3, -0.25) is 0 Å². The summed E-state index contributed by atoms with van der Waals surface area (Å²) in [5, 5.41) is 7.45. The van der Waals surface area contributed by atoms with Gasteiger partial charge in [0.1, 0.15) is 0 Å². The number of nitrogens with zero attached hydrogens (tertiary/aromatic N) is 2. The van der Waals surface area contributed by atoms with E-state index in [4.69, 9.17) is 0 Å². The van der Waals surface area contributed by atoms with Gasteiger partial charge in [0.05, 0.1) is 17.4 Å². The smallest absolute Gasteiger partial charge is 0.0566 e. The van der Waals surface area contributed by atoms with Gasteiger partial charge in [0, 0.05) is 43.5 Å². The maximum absolute atomic E-state index is 2.64. The van der Waals surface area contributed by atoms with Crippen LogP contribution in [0.5, 0.6) is 0 Å². The second-order valence-corrected chi connectivity index (χ2v) is 24.6. The van der Waals surface area contributed by atoms with E-state index in [0.717, 1.165) is 23.5 Å². The molecule has 0 N–H and O–H groups in total. The molecular weight excluding hydrogens is 909 g/mol. The van der Waals surface area contributed by atoms with Crippen LogP contribution in [0.15, 0.2) is 259 Å². The third-order valence-corrected chi connectivity index (χ3v) is 16.9. The molecule has 0 aliphatic heterocycles. The number of allylic oxidation sites excluding steroid dienone is 2. The molecule has 11 aromatic rings.